The minimum Gasteiger partial charge on any atom is -0.461 e. The number of aromatic amines is 1. The van der Waals surface area contributed by atoms with Crippen LogP contribution in [0.15, 0.2) is 18.3 Å². The Bertz CT molecular complexity index is 1810. The molecule has 0 saturated carbocycles. The lowest BCUT2D eigenvalue weighted by Gasteiger charge is -2.31. The molecule has 9 nitrogen and oxygen atoms in total. The Balaban J connectivity index is 1.37. The van der Waals surface area contributed by atoms with Crippen LogP contribution >= 0.6 is 11.6 Å². The van der Waals surface area contributed by atoms with Crippen molar-refractivity contribution in [2.24, 2.45) is 0 Å². The van der Waals surface area contributed by atoms with Gasteiger partial charge in [-0.25, -0.2) is 18.2 Å². The fourth-order valence-corrected chi connectivity index (χ4v) is 7.91. The van der Waals surface area contributed by atoms with Gasteiger partial charge in [-0.2, -0.15) is 15.1 Å². The molecule has 0 spiro atoms. The van der Waals surface area contributed by atoms with E-state index in [1.54, 1.807) is 12.3 Å². The number of pyridine rings is 1. The molecule has 2 saturated heterocycles. The number of aryl methyl sites for hydroxylation is 1. The molecule has 3 aromatic heterocycles. The fraction of sp³-hybridized carbons (Fsp3) is 0.529. The Hall–Kier alpha value is -3.48. The molecular formula is C34H40ClF3N8O. The Morgan fingerprint density at radius 3 is 2.77 bits per heavy atom. The number of ether oxygens (including phenoxy) is 1. The van der Waals surface area contributed by atoms with Crippen LogP contribution < -0.4 is 15.4 Å². The standard InChI is InChI=1S/C34H40ClF3N8O/c1-3-8-19-21(35)16-24-20(17-39-45-24)26(19)29-28(37)30-27-22(40-29)10-5-11-23(31(38)42-25(36)9-4-2)41-32(27)44-33(43-30)47-18-34-12-6-14-46(34)15-7-13-34/h3,8,16-17,23,25,31,42H,4-7,9-15,18H2,1-2H3,(H,39,45)(H,41,43,44)/b8-3-. The number of rotatable bonds is 10. The van der Waals surface area contributed by atoms with Crippen molar-refractivity contribution >= 4 is 45.3 Å². The Labute approximate surface area is 276 Å². The van der Waals surface area contributed by atoms with Crippen molar-refractivity contribution in [1.29, 1.82) is 0 Å². The first kappa shape index (κ1) is 32.1. The lowest BCUT2D eigenvalue weighted by molar-refractivity contribution is 0.108. The number of hydrogen-bond acceptors (Lipinski definition) is 8. The van der Waals surface area contributed by atoms with Crippen molar-refractivity contribution in [3.63, 3.8) is 0 Å². The second-order valence-electron chi connectivity index (χ2n) is 13.0. The number of fused-ring (bicyclic) bond motifs is 2. The first-order valence-electron chi connectivity index (χ1n) is 16.7. The predicted octanol–water partition coefficient (Wildman–Crippen LogP) is 7.50. The first-order valence-corrected chi connectivity index (χ1v) is 17.1. The third-order valence-electron chi connectivity index (χ3n) is 9.91. The van der Waals surface area contributed by atoms with Gasteiger partial charge < -0.3 is 10.1 Å². The van der Waals surface area contributed by atoms with Crippen molar-refractivity contribution in [1.82, 2.24) is 35.4 Å². The average molecular weight is 669 g/mol. The lowest BCUT2D eigenvalue weighted by Crippen LogP contribution is -2.45. The summed E-state index contributed by atoms with van der Waals surface area (Å²) in [5.74, 6) is -0.451. The second kappa shape index (κ2) is 13.2. The number of hydrogen-bond donors (Lipinski definition) is 3. The van der Waals surface area contributed by atoms with Gasteiger partial charge in [-0.05, 0) is 77.4 Å². The molecular weight excluding hydrogens is 629 g/mol. The van der Waals surface area contributed by atoms with Crippen LogP contribution in [0.5, 0.6) is 6.01 Å². The van der Waals surface area contributed by atoms with Gasteiger partial charge in [0, 0.05) is 16.5 Å². The second-order valence-corrected chi connectivity index (χ2v) is 13.4. The van der Waals surface area contributed by atoms with Gasteiger partial charge in [0.1, 0.15) is 23.6 Å². The molecule has 47 heavy (non-hydrogen) atoms. The molecule has 3 aliphatic heterocycles. The van der Waals surface area contributed by atoms with E-state index < -0.39 is 24.5 Å². The highest BCUT2D eigenvalue weighted by Crippen LogP contribution is 2.42. The maximum atomic E-state index is 17.1. The van der Waals surface area contributed by atoms with Crippen molar-refractivity contribution in [2.75, 3.05) is 25.0 Å². The minimum atomic E-state index is -1.70. The highest BCUT2D eigenvalue weighted by molar-refractivity contribution is 6.33. The molecule has 7 rings (SSSR count). The highest BCUT2D eigenvalue weighted by Gasteiger charge is 2.45. The molecule has 0 aliphatic carbocycles. The summed E-state index contributed by atoms with van der Waals surface area (Å²) in [6.45, 7) is 6.14. The molecule has 0 radical (unpaired) electrons. The van der Waals surface area contributed by atoms with E-state index in [1.165, 1.54) is 0 Å². The van der Waals surface area contributed by atoms with Crippen LogP contribution in [-0.2, 0) is 6.42 Å². The van der Waals surface area contributed by atoms with E-state index in [2.05, 4.69) is 30.7 Å². The van der Waals surface area contributed by atoms with Gasteiger partial charge in [0.25, 0.3) is 0 Å². The Morgan fingerprint density at radius 1 is 1.19 bits per heavy atom. The quantitative estimate of drug-likeness (QED) is 0.149. The van der Waals surface area contributed by atoms with E-state index in [0.29, 0.717) is 70.4 Å². The average Bonchev–Trinajstić information content (AvgIpc) is 3.76. The van der Waals surface area contributed by atoms with Crippen molar-refractivity contribution < 1.29 is 17.9 Å². The van der Waals surface area contributed by atoms with Crippen LogP contribution in [0.25, 0.3) is 39.1 Å². The van der Waals surface area contributed by atoms with E-state index in [9.17, 15) is 4.39 Å². The molecule has 0 amide bonds. The number of nitrogens with zero attached hydrogens (tertiary/aromatic N) is 5. The fourth-order valence-electron chi connectivity index (χ4n) is 7.64. The summed E-state index contributed by atoms with van der Waals surface area (Å²) in [5.41, 5.74) is 2.33. The summed E-state index contributed by atoms with van der Waals surface area (Å²) >= 11 is 6.72. The maximum absolute atomic E-state index is 17.1. The zero-order valence-electron chi connectivity index (χ0n) is 26.7. The van der Waals surface area contributed by atoms with Crippen LogP contribution in [0.1, 0.15) is 76.5 Å². The Morgan fingerprint density at radius 2 is 2.00 bits per heavy atom. The molecule has 250 valence electrons. The molecule has 3 unspecified atom stereocenters. The lowest BCUT2D eigenvalue weighted by atomic mass is 9.95. The van der Waals surface area contributed by atoms with Crippen molar-refractivity contribution in [2.45, 2.75) is 95.8 Å². The summed E-state index contributed by atoms with van der Waals surface area (Å²) in [5, 5.41) is 14.2. The normalized spacial score (nSPS) is 20.8. The number of allylic oxidation sites excluding steroid dienone is 1. The zero-order chi connectivity index (χ0) is 32.7. The van der Waals surface area contributed by atoms with E-state index in [4.69, 9.17) is 26.3 Å². The van der Waals surface area contributed by atoms with Crippen molar-refractivity contribution in [3.05, 3.63) is 40.4 Å². The van der Waals surface area contributed by atoms with Gasteiger partial charge in [-0.3, -0.25) is 15.3 Å². The number of H-pyrrole nitrogens is 1. The molecule has 1 aromatic carbocycles. The van der Waals surface area contributed by atoms with Gasteiger partial charge >= 0.3 is 6.01 Å². The van der Waals surface area contributed by atoms with Gasteiger partial charge in [0.05, 0.1) is 39.4 Å². The molecule has 13 heteroatoms. The van der Waals surface area contributed by atoms with Crippen LogP contribution in [0.3, 0.4) is 0 Å². The van der Waals surface area contributed by atoms with E-state index in [0.717, 1.165) is 38.8 Å². The molecule has 3 aliphatic rings. The summed E-state index contributed by atoms with van der Waals surface area (Å²) < 4.78 is 53.4. The third-order valence-corrected chi connectivity index (χ3v) is 10.2. The molecule has 3 atom stereocenters. The number of alkyl halides is 2. The molecule has 6 heterocycles. The number of benzene rings is 1. The maximum Gasteiger partial charge on any atom is 0.319 e. The van der Waals surface area contributed by atoms with E-state index >= 15 is 8.78 Å². The SMILES string of the molecule is C/C=C\c1c(Cl)cc2[nH]ncc2c1-c1nc2c3c(nc(OCC45CCCN4CCC5)nc3c1F)NC(C(F)NC(F)CCC)CCC2. The summed E-state index contributed by atoms with van der Waals surface area (Å²) in [7, 11) is 0. The highest BCUT2D eigenvalue weighted by atomic mass is 35.5. The Kier molecular flexibility index (Phi) is 9.01. The summed E-state index contributed by atoms with van der Waals surface area (Å²) in [6, 6.07) is 0.946. The largest absolute Gasteiger partial charge is 0.461 e. The van der Waals surface area contributed by atoms with E-state index in [1.807, 2.05) is 26.0 Å². The molecule has 0 bridgehead atoms. The van der Waals surface area contributed by atoms with Crippen LogP contribution in [-0.4, -0.2) is 73.9 Å². The first-order chi connectivity index (χ1) is 22.8. The zero-order valence-corrected chi connectivity index (χ0v) is 27.4. The van der Waals surface area contributed by atoms with Crippen molar-refractivity contribution in [3.8, 4) is 17.3 Å². The number of aromatic nitrogens is 5. The van der Waals surface area contributed by atoms with Gasteiger partial charge in [-0.15, -0.1) is 0 Å². The summed E-state index contributed by atoms with van der Waals surface area (Å²) in [4.78, 5) is 16.7. The number of anilines is 1. The monoisotopic (exact) mass is 668 g/mol. The van der Waals surface area contributed by atoms with Gasteiger partial charge in [0.2, 0.25) is 0 Å². The van der Waals surface area contributed by atoms with Crippen LogP contribution in [0, 0.1) is 5.82 Å². The molecule has 2 fully saturated rings. The minimum absolute atomic E-state index is 0.000367. The smallest absolute Gasteiger partial charge is 0.319 e. The third kappa shape index (κ3) is 5.93. The number of nitrogens with one attached hydrogen (secondary N) is 3. The van der Waals surface area contributed by atoms with E-state index in [-0.39, 0.29) is 35.0 Å². The van der Waals surface area contributed by atoms with Gasteiger partial charge in [0.15, 0.2) is 18.4 Å². The number of halogens is 4. The molecule has 3 N–H and O–H groups in total. The van der Waals surface area contributed by atoms with Crippen LogP contribution in [0.2, 0.25) is 5.02 Å². The molecule has 4 aromatic rings. The van der Waals surface area contributed by atoms with Crippen LogP contribution in [0.4, 0.5) is 19.0 Å². The summed E-state index contributed by atoms with van der Waals surface area (Å²) in [6.07, 6.45) is 8.41. The predicted molar refractivity (Wildman–Crippen MR) is 179 cm³/mol. The topological polar surface area (TPSA) is 104 Å². The van der Waals surface area contributed by atoms with Gasteiger partial charge in [-0.1, -0.05) is 37.1 Å².